The van der Waals surface area contributed by atoms with Gasteiger partial charge in [-0.05, 0) is 36.8 Å². The third kappa shape index (κ3) is 2.04. The molecule has 2 unspecified atom stereocenters. The summed E-state index contributed by atoms with van der Waals surface area (Å²) in [5, 5.41) is 0. The largest absolute Gasteiger partial charge is 0.399 e. The first-order valence-corrected chi connectivity index (χ1v) is 7.92. The van der Waals surface area contributed by atoms with Crippen molar-refractivity contribution < 1.29 is 9.47 Å². The molecule has 20 heavy (non-hydrogen) atoms. The minimum Gasteiger partial charge on any atom is -0.399 e. The number of hydrogen-bond acceptors (Lipinski definition) is 3. The number of nitrogens with two attached hydrogens (primary N) is 1. The Balaban J connectivity index is 1.66. The van der Waals surface area contributed by atoms with Crippen LogP contribution in [-0.4, -0.2) is 19.0 Å². The molecular weight excluding hydrogens is 250 g/mol. The Morgan fingerprint density at radius 2 is 2.00 bits per heavy atom. The van der Waals surface area contributed by atoms with Gasteiger partial charge in [-0.15, -0.1) is 0 Å². The van der Waals surface area contributed by atoms with Crippen LogP contribution in [0.5, 0.6) is 0 Å². The average molecular weight is 273 g/mol. The fourth-order valence-corrected chi connectivity index (χ4v) is 4.40. The SMILES string of the molecule is NC1=CC2CCCC3CC4(CCC3=C2C=C1)OCCO4. The summed E-state index contributed by atoms with van der Waals surface area (Å²) >= 11 is 0. The van der Waals surface area contributed by atoms with E-state index in [0.29, 0.717) is 11.8 Å². The maximum atomic E-state index is 5.97. The first kappa shape index (κ1) is 12.7. The molecule has 0 aromatic rings. The van der Waals surface area contributed by atoms with Crippen molar-refractivity contribution in [3.8, 4) is 0 Å². The number of allylic oxidation sites excluding steroid dienone is 5. The summed E-state index contributed by atoms with van der Waals surface area (Å²) in [6.45, 7) is 1.53. The number of rotatable bonds is 0. The van der Waals surface area contributed by atoms with Gasteiger partial charge >= 0.3 is 0 Å². The Morgan fingerprint density at radius 3 is 2.85 bits per heavy atom. The van der Waals surface area contributed by atoms with Gasteiger partial charge in [-0.2, -0.15) is 0 Å². The smallest absolute Gasteiger partial charge is 0.169 e. The molecular formula is C17H23NO2. The third-order valence-corrected chi connectivity index (χ3v) is 5.33. The third-order valence-electron chi connectivity index (χ3n) is 5.33. The topological polar surface area (TPSA) is 44.5 Å². The number of ether oxygens (including phenoxy) is 2. The number of fused-ring (bicyclic) bond motifs is 2. The van der Waals surface area contributed by atoms with Gasteiger partial charge in [0.1, 0.15) is 0 Å². The summed E-state index contributed by atoms with van der Waals surface area (Å²) in [6.07, 6.45) is 13.5. The fourth-order valence-electron chi connectivity index (χ4n) is 4.40. The van der Waals surface area contributed by atoms with Crippen molar-refractivity contribution in [1.29, 1.82) is 0 Å². The summed E-state index contributed by atoms with van der Waals surface area (Å²) in [7, 11) is 0. The van der Waals surface area contributed by atoms with Gasteiger partial charge in [0.05, 0.1) is 13.2 Å². The summed E-state index contributed by atoms with van der Waals surface area (Å²) < 4.78 is 11.9. The minimum atomic E-state index is -0.262. The second-order valence-electron chi connectivity index (χ2n) is 6.53. The highest BCUT2D eigenvalue weighted by atomic mass is 16.7. The lowest BCUT2D eigenvalue weighted by atomic mass is 9.75. The maximum Gasteiger partial charge on any atom is 0.169 e. The predicted molar refractivity (Wildman–Crippen MR) is 77.8 cm³/mol. The quantitative estimate of drug-likeness (QED) is 0.738. The molecule has 1 aliphatic heterocycles. The molecule has 0 aromatic carbocycles. The van der Waals surface area contributed by atoms with Crippen LogP contribution < -0.4 is 5.73 Å². The van der Waals surface area contributed by atoms with Crippen molar-refractivity contribution in [3.05, 3.63) is 35.1 Å². The maximum absolute atomic E-state index is 5.97. The lowest BCUT2D eigenvalue weighted by Crippen LogP contribution is -2.37. The molecule has 1 spiro atoms. The zero-order valence-electron chi connectivity index (χ0n) is 11.9. The summed E-state index contributed by atoms with van der Waals surface area (Å²) in [4.78, 5) is 0. The van der Waals surface area contributed by atoms with E-state index in [4.69, 9.17) is 15.2 Å². The van der Waals surface area contributed by atoms with Crippen molar-refractivity contribution >= 4 is 0 Å². The van der Waals surface area contributed by atoms with Crippen LogP contribution in [0.3, 0.4) is 0 Å². The van der Waals surface area contributed by atoms with Gasteiger partial charge in [0.15, 0.2) is 5.79 Å². The predicted octanol–water partition coefficient (Wildman–Crippen LogP) is 3.04. The molecule has 4 rings (SSSR count). The molecule has 3 nitrogen and oxygen atoms in total. The Labute approximate surface area is 120 Å². The molecule has 2 fully saturated rings. The molecule has 0 bridgehead atoms. The Hall–Kier alpha value is -1.06. The van der Waals surface area contributed by atoms with Gasteiger partial charge in [-0.25, -0.2) is 0 Å². The van der Waals surface area contributed by atoms with Crippen molar-refractivity contribution in [1.82, 2.24) is 0 Å². The average Bonchev–Trinajstić information content (AvgIpc) is 2.80. The van der Waals surface area contributed by atoms with Gasteiger partial charge in [0.2, 0.25) is 0 Å². The van der Waals surface area contributed by atoms with Crippen LogP contribution in [0, 0.1) is 11.8 Å². The molecule has 108 valence electrons. The lowest BCUT2D eigenvalue weighted by molar-refractivity contribution is -0.180. The highest BCUT2D eigenvalue weighted by Gasteiger charge is 2.44. The van der Waals surface area contributed by atoms with Crippen LogP contribution in [0.4, 0.5) is 0 Å². The van der Waals surface area contributed by atoms with Gasteiger partial charge < -0.3 is 15.2 Å². The van der Waals surface area contributed by atoms with Crippen LogP contribution in [0.2, 0.25) is 0 Å². The van der Waals surface area contributed by atoms with Crippen LogP contribution in [0.15, 0.2) is 35.1 Å². The Morgan fingerprint density at radius 1 is 1.15 bits per heavy atom. The molecule has 1 heterocycles. The van der Waals surface area contributed by atoms with E-state index in [1.165, 1.54) is 24.8 Å². The van der Waals surface area contributed by atoms with E-state index in [1.54, 1.807) is 5.57 Å². The van der Waals surface area contributed by atoms with Crippen molar-refractivity contribution in [2.45, 2.75) is 44.3 Å². The van der Waals surface area contributed by atoms with E-state index in [-0.39, 0.29) is 5.79 Å². The number of hydrogen-bond donors (Lipinski definition) is 1. The van der Waals surface area contributed by atoms with Crippen molar-refractivity contribution in [2.24, 2.45) is 17.6 Å². The van der Waals surface area contributed by atoms with E-state index < -0.39 is 0 Å². The molecule has 0 amide bonds. The van der Waals surface area contributed by atoms with Crippen LogP contribution in [0.1, 0.15) is 38.5 Å². The highest BCUT2D eigenvalue weighted by Crippen LogP contribution is 2.48. The van der Waals surface area contributed by atoms with Crippen LogP contribution in [-0.2, 0) is 9.47 Å². The van der Waals surface area contributed by atoms with Gasteiger partial charge in [0, 0.05) is 24.5 Å². The Kier molecular flexibility index (Phi) is 3.00. The van der Waals surface area contributed by atoms with E-state index >= 15 is 0 Å². The van der Waals surface area contributed by atoms with E-state index in [2.05, 4.69) is 18.2 Å². The molecule has 1 saturated carbocycles. The summed E-state index contributed by atoms with van der Waals surface area (Å²) in [5.74, 6) is 0.917. The standard InChI is InChI=1S/C17H23NO2/c18-14-4-5-15-12(10-14)2-1-3-13-11-17(7-6-16(13)15)19-8-9-20-17/h4-5,10,12-13H,1-3,6-9,11,18H2. The normalized spacial score (nSPS) is 35.5. The molecule has 0 radical (unpaired) electrons. The molecule has 0 aromatic heterocycles. The van der Waals surface area contributed by atoms with E-state index in [1.807, 2.05) is 0 Å². The van der Waals surface area contributed by atoms with E-state index in [9.17, 15) is 0 Å². The monoisotopic (exact) mass is 273 g/mol. The molecule has 1 saturated heterocycles. The van der Waals surface area contributed by atoms with Crippen molar-refractivity contribution in [2.75, 3.05) is 13.2 Å². The second-order valence-corrected chi connectivity index (χ2v) is 6.53. The highest BCUT2D eigenvalue weighted by molar-refractivity contribution is 5.42. The zero-order chi connectivity index (χ0) is 13.6. The molecule has 3 aliphatic carbocycles. The molecule has 4 aliphatic rings. The zero-order valence-corrected chi connectivity index (χ0v) is 11.9. The summed E-state index contributed by atoms with van der Waals surface area (Å²) in [5.41, 5.74) is 10.1. The molecule has 2 N–H and O–H groups in total. The van der Waals surface area contributed by atoms with Gasteiger partial charge in [0.25, 0.3) is 0 Å². The van der Waals surface area contributed by atoms with E-state index in [0.717, 1.165) is 38.2 Å². The Bertz CT molecular complexity index is 497. The minimum absolute atomic E-state index is 0.262. The molecule has 2 atom stereocenters. The van der Waals surface area contributed by atoms with Gasteiger partial charge in [-0.3, -0.25) is 0 Å². The second kappa shape index (κ2) is 4.74. The van der Waals surface area contributed by atoms with Crippen LogP contribution >= 0.6 is 0 Å². The first-order chi connectivity index (χ1) is 9.76. The molecule has 3 heteroatoms. The van der Waals surface area contributed by atoms with Crippen molar-refractivity contribution in [3.63, 3.8) is 0 Å². The first-order valence-electron chi connectivity index (χ1n) is 7.92. The van der Waals surface area contributed by atoms with Crippen LogP contribution in [0.25, 0.3) is 0 Å². The lowest BCUT2D eigenvalue weighted by Gasteiger charge is -2.38. The van der Waals surface area contributed by atoms with Gasteiger partial charge in [-0.1, -0.05) is 24.1 Å². The fraction of sp³-hybridized carbons (Fsp3) is 0.647. The summed E-state index contributed by atoms with van der Waals surface area (Å²) in [6, 6.07) is 0.